The molecule has 1 aromatic rings. The van der Waals surface area contributed by atoms with Gasteiger partial charge in [0.15, 0.2) is 0 Å². The standard InChI is InChI=1S/C38H55N3O6/c1-2-3-4-5-6-7-8-9-10-11-12-13-14-15-16-17-18-26-36(44)40-29-20-19-25-35(38(46)47-34(31-42)32-43)41-37(45)27-21-23-33-24-22-28-39-30-33/h3-4,6-7,9-10,12-13,15-16,21-24,28,30,34-35,42-43H,2,5,8,11,14,17-20,25-27,29,31-32H2,1H3,(H,40,44)(H,41,45). The average Bonchev–Trinajstić information content (AvgIpc) is 3.08. The summed E-state index contributed by atoms with van der Waals surface area (Å²) in [4.78, 5) is 41.3. The zero-order valence-electron chi connectivity index (χ0n) is 28.0. The highest BCUT2D eigenvalue weighted by Crippen LogP contribution is 2.07. The topological polar surface area (TPSA) is 138 Å². The maximum atomic E-state index is 12.6. The second kappa shape index (κ2) is 29.3. The number of nitrogens with zero attached hydrogens (tertiary/aromatic N) is 1. The molecule has 0 aliphatic carbocycles. The van der Waals surface area contributed by atoms with Gasteiger partial charge in [-0.15, -0.1) is 0 Å². The van der Waals surface area contributed by atoms with Crippen molar-refractivity contribution in [2.45, 2.75) is 96.1 Å². The molecular formula is C38H55N3O6. The summed E-state index contributed by atoms with van der Waals surface area (Å²) in [5.74, 6) is -1.10. The van der Waals surface area contributed by atoms with Crippen LogP contribution in [0.25, 0.3) is 6.08 Å². The minimum absolute atomic E-state index is 0.0178. The van der Waals surface area contributed by atoms with E-state index in [1.807, 2.05) is 6.07 Å². The van der Waals surface area contributed by atoms with Crippen molar-refractivity contribution < 1.29 is 29.3 Å². The van der Waals surface area contributed by atoms with Crippen LogP contribution in [0.15, 0.2) is 91.4 Å². The summed E-state index contributed by atoms with van der Waals surface area (Å²) in [5.41, 5.74) is 0.848. The van der Waals surface area contributed by atoms with E-state index in [1.54, 1.807) is 30.6 Å². The molecule has 0 saturated carbocycles. The van der Waals surface area contributed by atoms with Crippen LogP contribution in [0.2, 0.25) is 0 Å². The molecule has 1 rings (SSSR count). The predicted octanol–water partition coefficient (Wildman–Crippen LogP) is 6.07. The zero-order chi connectivity index (χ0) is 34.2. The second-order valence-corrected chi connectivity index (χ2v) is 10.9. The number of aliphatic hydroxyl groups excluding tert-OH is 2. The molecule has 0 aliphatic rings. The van der Waals surface area contributed by atoms with Crippen LogP contribution in [0, 0.1) is 0 Å². The lowest BCUT2D eigenvalue weighted by atomic mass is 10.1. The van der Waals surface area contributed by atoms with Crippen molar-refractivity contribution in [2.75, 3.05) is 19.8 Å². The molecule has 0 radical (unpaired) electrons. The Kier molecular flexibility index (Phi) is 25.6. The lowest BCUT2D eigenvalue weighted by Crippen LogP contribution is -2.43. The minimum atomic E-state index is -1.05. The number of ether oxygens (including phenoxy) is 1. The molecule has 1 atom stereocenters. The van der Waals surface area contributed by atoms with E-state index in [0.717, 1.165) is 50.5 Å². The average molecular weight is 650 g/mol. The van der Waals surface area contributed by atoms with Crippen LogP contribution in [0.4, 0.5) is 0 Å². The van der Waals surface area contributed by atoms with Crippen LogP contribution >= 0.6 is 0 Å². The summed E-state index contributed by atoms with van der Waals surface area (Å²) in [7, 11) is 0. The fourth-order valence-electron chi connectivity index (χ4n) is 4.20. The van der Waals surface area contributed by atoms with Gasteiger partial charge in [0.25, 0.3) is 0 Å². The quantitative estimate of drug-likeness (QED) is 0.0543. The molecule has 0 spiro atoms. The Bertz CT molecular complexity index is 1150. The first kappa shape index (κ1) is 40.9. The lowest BCUT2D eigenvalue weighted by Gasteiger charge is -2.20. The molecule has 0 fully saturated rings. The largest absolute Gasteiger partial charge is 0.456 e. The number of aliphatic hydroxyl groups is 2. The third kappa shape index (κ3) is 23.9. The number of carbonyl (C=O) groups is 3. The van der Waals surface area contributed by atoms with Gasteiger partial charge in [-0.25, -0.2) is 4.79 Å². The monoisotopic (exact) mass is 649 g/mol. The smallest absolute Gasteiger partial charge is 0.329 e. The molecule has 4 N–H and O–H groups in total. The Morgan fingerprint density at radius 2 is 1.47 bits per heavy atom. The van der Waals surface area contributed by atoms with Gasteiger partial charge in [0, 0.05) is 31.8 Å². The number of unbranched alkanes of at least 4 members (excludes halogenated alkanes) is 2. The van der Waals surface area contributed by atoms with Crippen molar-refractivity contribution >= 4 is 23.9 Å². The summed E-state index contributed by atoms with van der Waals surface area (Å²) in [5, 5.41) is 24.1. The summed E-state index contributed by atoms with van der Waals surface area (Å²) in [6.45, 7) is 1.55. The summed E-state index contributed by atoms with van der Waals surface area (Å²) in [6, 6.07) is 2.71. The minimum Gasteiger partial charge on any atom is -0.456 e. The fourth-order valence-corrected chi connectivity index (χ4v) is 4.20. The lowest BCUT2D eigenvalue weighted by molar-refractivity contribution is -0.157. The van der Waals surface area contributed by atoms with Gasteiger partial charge in [0.1, 0.15) is 12.1 Å². The number of hydrogen-bond donors (Lipinski definition) is 4. The second-order valence-electron chi connectivity index (χ2n) is 10.9. The zero-order valence-corrected chi connectivity index (χ0v) is 28.0. The van der Waals surface area contributed by atoms with Crippen LogP contribution in [-0.2, 0) is 19.1 Å². The van der Waals surface area contributed by atoms with Crippen LogP contribution in [0.1, 0.15) is 89.5 Å². The molecule has 1 aromatic heterocycles. The highest BCUT2D eigenvalue weighted by molar-refractivity contribution is 5.85. The fraction of sp³-hybridized carbons (Fsp3) is 0.474. The van der Waals surface area contributed by atoms with Crippen LogP contribution in [0.3, 0.4) is 0 Å². The predicted molar refractivity (Wildman–Crippen MR) is 189 cm³/mol. The van der Waals surface area contributed by atoms with E-state index in [0.29, 0.717) is 32.2 Å². The number of amides is 2. The number of nitrogens with one attached hydrogen (secondary N) is 2. The molecule has 2 amide bonds. The van der Waals surface area contributed by atoms with Gasteiger partial charge in [0.05, 0.1) is 13.2 Å². The van der Waals surface area contributed by atoms with E-state index in [9.17, 15) is 24.6 Å². The molecule has 0 aliphatic heterocycles. The molecule has 9 heteroatoms. The molecule has 0 aromatic carbocycles. The maximum Gasteiger partial charge on any atom is 0.329 e. The van der Waals surface area contributed by atoms with Gasteiger partial charge in [-0.2, -0.15) is 0 Å². The number of hydrogen-bond acceptors (Lipinski definition) is 7. The Balaban J connectivity index is 2.25. The van der Waals surface area contributed by atoms with Crippen LogP contribution in [-0.4, -0.2) is 64.9 Å². The number of aromatic nitrogens is 1. The Hall–Kier alpha value is -4.08. The van der Waals surface area contributed by atoms with E-state index < -0.39 is 31.3 Å². The Morgan fingerprint density at radius 3 is 2.06 bits per heavy atom. The summed E-state index contributed by atoms with van der Waals surface area (Å²) in [6.07, 6.45) is 35.7. The third-order valence-corrected chi connectivity index (χ3v) is 6.78. The van der Waals surface area contributed by atoms with Gasteiger partial charge in [0.2, 0.25) is 11.8 Å². The van der Waals surface area contributed by atoms with E-state index in [4.69, 9.17) is 4.74 Å². The van der Waals surface area contributed by atoms with Crippen molar-refractivity contribution in [3.8, 4) is 0 Å². The van der Waals surface area contributed by atoms with Crippen molar-refractivity contribution in [3.05, 3.63) is 96.9 Å². The van der Waals surface area contributed by atoms with Crippen LogP contribution < -0.4 is 10.6 Å². The van der Waals surface area contributed by atoms with Crippen molar-refractivity contribution in [1.82, 2.24) is 15.6 Å². The Morgan fingerprint density at radius 1 is 0.830 bits per heavy atom. The summed E-state index contributed by atoms with van der Waals surface area (Å²) < 4.78 is 5.14. The third-order valence-electron chi connectivity index (χ3n) is 6.78. The number of rotatable bonds is 26. The van der Waals surface area contributed by atoms with Gasteiger partial charge in [-0.1, -0.05) is 85.9 Å². The molecule has 9 nitrogen and oxygen atoms in total. The van der Waals surface area contributed by atoms with Crippen LogP contribution in [0.5, 0.6) is 0 Å². The van der Waals surface area contributed by atoms with Crippen molar-refractivity contribution in [3.63, 3.8) is 0 Å². The molecule has 0 bridgehead atoms. The van der Waals surface area contributed by atoms with Crippen molar-refractivity contribution in [1.29, 1.82) is 0 Å². The van der Waals surface area contributed by atoms with E-state index in [1.165, 1.54) is 0 Å². The highest BCUT2D eigenvalue weighted by atomic mass is 16.6. The van der Waals surface area contributed by atoms with E-state index >= 15 is 0 Å². The summed E-state index contributed by atoms with van der Waals surface area (Å²) >= 11 is 0. The molecule has 0 saturated heterocycles. The highest BCUT2D eigenvalue weighted by Gasteiger charge is 2.24. The van der Waals surface area contributed by atoms with E-state index in [-0.39, 0.29) is 18.2 Å². The molecule has 1 unspecified atom stereocenters. The van der Waals surface area contributed by atoms with Gasteiger partial charge < -0.3 is 25.6 Å². The normalized spacial score (nSPS) is 12.9. The maximum absolute atomic E-state index is 12.6. The Labute approximate surface area is 281 Å². The van der Waals surface area contributed by atoms with Gasteiger partial charge in [-0.3, -0.25) is 14.6 Å². The molecule has 47 heavy (non-hydrogen) atoms. The van der Waals surface area contributed by atoms with Gasteiger partial charge in [-0.05, 0) is 75.8 Å². The molecule has 258 valence electrons. The first-order chi connectivity index (χ1) is 23.0. The van der Waals surface area contributed by atoms with E-state index in [2.05, 4.69) is 83.3 Å². The number of allylic oxidation sites excluding steroid dienone is 10. The molecule has 1 heterocycles. The number of pyridine rings is 1. The van der Waals surface area contributed by atoms with Gasteiger partial charge >= 0.3 is 5.97 Å². The number of carbonyl (C=O) groups excluding carboxylic acids is 3. The first-order valence-corrected chi connectivity index (χ1v) is 16.8. The number of esters is 1. The SMILES string of the molecule is CCC=CCC=CCC=CCC=CCC=CCCCC(=O)NCCCCC(NC(=O)CC=Cc1cccnc1)C(=O)OC(CO)CO. The van der Waals surface area contributed by atoms with Crippen molar-refractivity contribution in [2.24, 2.45) is 0 Å². The molecular weight excluding hydrogens is 594 g/mol. The first-order valence-electron chi connectivity index (χ1n) is 16.8.